The number of aryl methyl sites for hydroxylation is 1. The first kappa shape index (κ1) is 15.9. The molecule has 0 aliphatic rings. The summed E-state index contributed by atoms with van der Waals surface area (Å²) in [6.07, 6.45) is 9.44. The van der Waals surface area contributed by atoms with E-state index in [2.05, 4.69) is 13.8 Å². The van der Waals surface area contributed by atoms with Crippen LogP contribution in [0, 0.1) is 0 Å². The van der Waals surface area contributed by atoms with Gasteiger partial charge in [0.25, 0.3) is 0 Å². The molecule has 0 amide bonds. The Balaban J connectivity index is 2.34. The van der Waals surface area contributed by atoms with E-state index in [9.17, 15) is 5.11 Å². The molecule has 0 aliphatic carbocycles. The third kappa shape index (κ3) is 6.51. The third-order valence-electron chi connectivity index (χ3n) is 3.37. The van der Waals surface area contributed by atoms with Crippen molar-refractivity contribution in [2.45, 2.75) is 65.2 Å². The molecule has 0 unspecified atom stereocenters. The quantitative estimate of drug-likeness (QED) is 0.597. The topological polar surface area (TPSA) is 29.5 Å². The van der Waals surface area contributed by atoms with Crippen LogP contribution in [0.1, 0.15) is 64.4 Å². The van der Waals surface area contributed by atoms with Crippen molar-refractivity contribution < 1.29 is 9.84 Å². The van der Waals surface area contributed by atoms with E-state index in [1.165, 1.54) is 25.7 Å². The van der Waals surface area contributed by atoms with Gasteiger partial charge in [-0.2, -0.15) is 0 Å². The highest BCUT2D eigenvalue weighted by Crippen LogP contribution is 2.25. The molecule has 0 saturated carbocycles. The fourth-order valence-electron chi connectivity index (χ4n) is 2.10. The summed E-state index contributed by atoms with van der Waals surface area (Å²) in [6, 6.07) is 5.71. The lowest BCUT2D eigenvalue weighted by Gasteiger charge is -2.09. The van der Waals surface area contributed by atoms with Crippen LogP contribution in [0.25, 0.3) is 0 Å². The fourth-order valence-corrected chi connectivity index (χ4v) is 2.10. The minimum Gasteiger partial charge on any atom is -0.508 e. The number of rotatable bonds is 10. The summed E-state index contributed by atoms with van der Waals surface area (Å²) in [6.45, 7) is 5.10. The van der Waals surface area contributed by atoms with Crippen LogP contribution in [0.4, 0.5) is 0 Å². The molecule has 19 heavy (non-hydrogen) atoms. The van der Waals surface area contributed by atoms with Gasteiger partial charge in [0.2, 0.25) is 0 Å². The lowest BCUT2D eigenvalue weighted by atomic mass is 10.0. The van der Waals surface area contributed by atoms with Crippen molar-refractivity contribution >= 4 is 0 Å². The van der Waals surface area contributed by atoms with Gasteiger partial charge in [0.1, 0.15) is 11.5 Å². The van der Waals surface area contributed by atoms with Gasteiger partial charge in [-0.05, 0) is 30.9 Å². The number of ether oxygens (including phenoxy) is 1. The first-order chi connectivity index (χ1) is 9.27. The first-order valence-electron chi connectivity index (χ1n) is 7.72. The van der Waals surface area contributed by atoms with Crippen LogP contribution < -0.4 is 4.74 Å². The predicted octanol–water partition coefficient (Wildman–Crippen LogP) is 5.08. The standard InChI is InChI=1S/C17H28O2/c1-3-5-7-8-9-10-15-11-12-16(14-17(15)18)19-13-6-4-2/h11-12,14,18H,3-10,13H2,1-2H3. The summed E-state index contributed by atoms with van der Waals surface area (Å²) in [5.74, 6) is 1.16. The average Bonchev–Trinajstić information content (AvgIpc) is 2.41. The zero-order valence-electron chi connectivity index (χ0n) is 12.5. The second-order valence-electron chi connectivity index (χ2n) is 5.16. The van der Waals surface area contributed by atoms with Gasteiger partial charge in [-0.25, -0.2) is 0 Å². The van der Waals surface area contributed by atoms with Gasteiger partial charge in [-0.15, -0.1) is 0 Å². The second kappa shape index (κ2) is 9.71. The van der Waals surface area contributed by atoms with E-state index in [1.54, 1.807) is 6.07 Å². The molecule has 0 atom stereocenters. The number of hydrogen-bond donors (Lipinski definition) is 1. The molecule has 0 spiro atoms. The second-order valence-corrected chi connectivity index (χ2v) is 5.16. The highest BCUT2D eigenvalue weighted by atomic mass is 16.5. The van der Waals surface area contributed by atoms with Gasteiger partial charge in [0, 0.05) is 6.07 Å². The zero-order chi connectivity index (χ0) is 13.9. The number of phenols is 1. The van der Waals surface area contributed by atoms with Crippen molar-refractivity contribution in [2.24, 2.45) is 0 Å². The summed E-state index contributed by atoms with van der Waals surface area (Å²) < 4.78 is 5.58. The van der Waals surface area contributed by atoms with Gasteiger partial charge >= 0.3 is 0 Å². The number of phenolic OH excluding ortho intramolecular Hbond substituents is 1. The van der Waals surface area contributed by atoms with E-state index in [-0.39, 0.29) is 0 Å². The molecule has 108 valence electrons. The first-order valence-corrected chi connectivity index (χ1v) is 7.72. The van der Waals surface area contributed by atoms with Gasteiger partial charge in [0.05, 0.1) is 6.61 Å². The number of benzene rings is 1. The Morgan fingerprint density at radius 1 is 0.947 bits per heavy atom. The van der Waals surface area contributed by atoms with Crippen molar-refractivity contribution in [1.29, 1.82) is 0 Å². The van der Waals surface area contributed by atoms with E-state index >= 15 is 0 Å². The third-order valence-corrected chi connectivity index (χ3v) is 3.37. The Morgan fingerprint density at radius 2 is 1.68 bits per heavy atom. The van der Waals surface area contributed by atoms with Gasteiger partial charge in [-0.3, -0.25) is 0 Å². The molecule has 1 rings (SSSR count). The SMILES string of the molecule is CCCCCCCc1ccc(OCCCC)cc1O. The fraction of sp³-hybridized carbons (Fsp3) is 0.647. The lowest BCUT2D eigenvalue weighted by Crippen LogP contribution is -1.96. The lowest BCUT2D eigenvalue weighted by molar-refractivity contribution is 0.307. The van der Waals surface area contributed by atoms with E-state index in [0.29, 0.717) is 5.75 Å². The summed E-state index contributed by atoms with van der Waals surface area (Å²) in [7, 11) is 0. The molecule has 0 aliphatic heterocycles. The Labute approximate surface area is 117 Å². The molecule has 2 nitrogen and oxygen atoms in total. The Kier molecular flexibility index (Phi) is 8.11. The highest BCUT2D eigenvalue weighted by Gasteiger charge is 2.03. The molecule has 2 heteroatoms. The monoisotopic (exact) mass is 264 g/mol. The van der Waals surface area contributed by atoms with Crippen LogP contribution in [0.5, 0.6) is 11.5 Å². The van der Waals surface area contributed by atoms with Gasteiger partial charge in [-0.1, -0.05) is 52.0 Å². The highest BCUT2D eigenvalue weighted by molar-refractivity contribution is 5.39. The average molecular weight is 264 g/mol. The van der Waals surface area contributed by atoms with Crippen molar-refractivity contribution in [2.75, 3.05) is 6.61 Å². The molecule has 0 bridgehead atoms. The maximum Gasteiger partial charge on any atom is 0.122 e. The minimum absolute atomic E-state index is 0.379. The predicted molar refractivity (Wildman–Crippen MR) is 81.0 cm³/mol. The Bertz CT molecular complexity index is 347. The Morgan fingerprint density at radius 3 is 2.37 bits per heavy atom. The van der Waals surface area contributed by atoms with Crippen molar-refractivity contribution in [3.8, 4) is 11.5 Å². The van der Waals surface area contributed by atoms with Crippen LogP contribution in [0.15, 0.2) is 18.2 Å². The summed E-state index contributed by atoms with van der Waals surface area (Å²) >= 11 is 0. The molecule has 0 saturated heterocycles. The van der Waals surface area contributed by atoms with Crippen molar-refractivity contribution in [1.82, 2.24) is 0 Å². The van der Waals surface area contributed by atoms with Crippen LogP contribution in [0.3, 0.4) is 0 Å². The molecule has 1 N–H and O–H groups in total. The van der Waals surface area contributed by atoms with Crippen molar-refractivity contribution in [3.63, 3.8) is 0 Å². The van der Waals surface area contributed by atoms with Crippen molar-refractivity contribution in [3.05, 3.63) is 23.8 Å². The van der Waals surface area contributed by atoms with E-state index in [4.69, 9.17) is 4.74 Å². The van der Waals surface area contributed by atoms with E-state index < -0.39 is 0 Å². The summed E-state index contributed by atoms with van der Waals surface area (Å²) in [4.78, 5) is 0. The molecule has 1 aromatic carbocycles. The molecule has 1 aromatic rings. The summed E-state index contributed by atoms with van der Waals surface area (Å²) in [5, 5.41) is 9.97. The molecule has 0 fully saturated rings. The maximum atomic E-state index is 9.97. The molecule has 0 aromatic heterocycles. The smallest absolute Gasteiger partial charge is 0.122 e. The van der Waals surface area contributed by atoms with Crippen LogP contribution in [0.2, 0.25) is 0 Å². The molecule has 0 radical (unpaired) electrons. The van der Waals surface area contributed by atoms with Gasteiger partial charge in [0.15, 0.2) is 0 Å². The number of aromatic hydroxyl groups is 1. The van der Waals surface area contributed by atoms with Gasteiger partial charge < -0.3 is 9.84 Å². The summed E-state index contributed by atoms with van der Waals surface area (Å²) in [5.41, 5.74) is 1.04. The van der Waals surface area contributed by atoms with E-state index in [0.717, 1.165) is 43.6 Å². The van der Waals surface area contributed by atoms with E-state index in [1.807, 2.05) is 12.1 Å². The number of hydrogen-bond acceptors (Lipinski definition) is 2. The number of unbranched alkanes of at least 4 members (excludes halogenated alkanes) is 5. The van der Waals surface area contributed by atoms with Crippen LogP contribution in [-0.2, 0) is 6.42 Å². The zero-order valence-corrected chi connectivity index (χ0v) is 12.5. The molecular weight excluding hydrogens is 236 g/mol. The molecular formula is C17H28O2. The minimum atomic E-state index is 0.379. The maximum absolute atomic E-state index is 9.97. The van der Waals surface area contributed by atoms with Crippen LogP contribution in [-0.4, -0.2) is 11.7 Å². The largest absolute Gasteiger partial charge is 0.508 e. The normalized spacial score (nSPS) is 10.6. The molecule has 0 heterocycles. The Hall–Kier alpha value is -1.18. The van der Waals surface area contributed by atoms with Crippen LogP contribution >= 0.6 is 0 Å².